The lowest BCUT2D eigenvalue weighted by molar-refractivity contribution is -0.348. The number of aliphatic hydroxyl groups is 6. The third-order valence-electron chi connectivity index (χ3n) is 4.69. The van der Waals surface area contributed by atoms with Crippen molar-refractivity contribution in [1.82, 2.24) is 5.32 Å². The Balaban J connectivity index is 2.20. The largest absolute Gasteiger partial charge is 0.394 e. The molecule has 0 aliphatic carbocycles. The van der Waals surface area contributed by atoms with Crippen LogP contribution in [0.2, 0.25) is 0 Å². The van der Waals surface area contributed by atoms with Crippen LogP contribution in [-0.4, -0.2) is 118 Å². The Bertz CT molecular complexity index is 507. The molecular formula is C16H29NO11. The third kappa shape index (κ3) is 4.97. The van der Waals surface area contributed by atoms with Crippen LogP contribution in [-0.2, 0) is 23.7 Å². The van der Waals surface area contributed by atoms with Gasteiger partial charge in [-0.15, -0.1) is 0 Å². The van der Waals surface area contributed by atoms with E-state index in [9.17, 15) is 35.4 Å². The highest BCUT2D eigenvalue weighted by atomic mass is 16.7. The van der Waals surface area contributed by atoms with E-state index in [2.05, 4.69) is 5.32 Å². The first-order valence-corrected chi connectivity index (χ1v) is 9.04. The van der Waals surface area contributed by atoms with Gasteiger partial charge in [0.1, 0.15) is 48.8 Å². The minimum absolute atomic E-state index is 0.212. The van der Waals surface area contributed by atoms with E-state index < -0.39 is 80.5 Å². The summed E-state index contributed by atoms with van der Waals surface area (Å²) in [5.74, 6) is -0.466. The highest BCUT2D eigenvalue weighted by Gasteiger charge is 2.51. The molecule has 1 amide bonds. The van der Waals surface area contributed by atoms with E-state index in [0.717, 1.165) is 0 Å². The molecule has 0 aromatic carbocycles. The van der Waals surface area contributed by atoms with Crippen molar-refractivity contribution in [3.63, 3.8) is 0 Å². The van der Waals surface area contributed by atoms with Crippen molar-refractivity contribution in [2.75, 3.05) is 19.8 Å². The van der Waals surface area contributed by atoms with E-state index in [1.807, 2.05) is 0 Å². The molecule has 0 bridgehead atoms. The van der Waals surface area contributed by atoms with Crippen LogP contribution in [0.25, 0.3) is 0 Å². The Morgan fingerprint density at radius 1 is 0.929 bits per heavy atom. The zero-order valence-corrected chi connectivity index (χ0v) is 15.6. The summed E-state index contributed by atoms with van der Waals surface area (Å²) in [4.78, 5) is 11.5. The van der Waals surface area contributed by atoms with E-state index in [1.165, 1.54) is 6.92 Å². The number of carbonyl (C=O) groups is 1. The summed E-state index contributed by atoms with van der Waals surface area (Å²) in [7, 11) is 0. The second-order valence-corrected chi connectivity index (χ2v) is 6.70. The smallest absolute Gasteiger partial charge is 0.217 e. The molecule has 0 aromatic heterocycles. The minimum atomic E-state index is -1.70. The lowest BCUT2D eigenvalue weighted by Gasteiger charge is -2.47. The quantitative estimate of drug-likeness (QED) is 0.215. The molecule has 164 valence electrons. The molecular weight excluding hydrogens is 382 g/mol. The highest BCUT2D eigenvalue weighted by Crippen LogP contribution is 2.29. The van der Waals surface area contributed by atoms with Gasteiger partial charge >= 0.3 is 0 Å². The van der Waals surface area contributed by atoms with Crippen molar-refractivity contribution in [3.05, 3.63) is 0 Å². The fourth-order valence-electron chi connectivity index (χ4n) is 3.26. The second-order valence-electron chi connectivity index (χ2n) is 6.70. The molecule has 0 radical (unpaired) electrons. The van der Waals surface area contributed by atoms with Gasteiger partial charge in [0.15, 0.2) is 12.6 Å². The zero-order valence-electron chi connectivity index (χ0n) is 15.6. The molecule has 2 fully saturated rings. The number of carbonyl (C=O) groups excluding carboxylic acids is 1. The summed E-state index contributed by atoms with van der Waals surface area (Å²) >= 11 is 0. The molecule has 2 saturated heterocycles. The van der Waals surface area contributed by atoms with Crippen molar-refractivity contribution < 1.29 is 54.4 Å². The molecule has 7 N–H and O–H groups in total. The summed E-state index contributed by atoms with van der Waals surface area (Å²) in [6.45, 7) is 1.89. The Morgan fingerprint density at radius 2 is 1.54 bits per heavy atom. The fourth-order valence-corrected chi connectivity index (χ4v) is 3.26. The number of hydrogen-bond donors (Lipinski definition) is 7. The molecule has 4 unspecified atom stereocenters. The first kappa shape index (κ1) is 23.3. The van der Waals surface area contributed by atoms with Crippen LogP contribution in [0.1, 0.15) is 13.8 Å². The van der Waals surface area contributed by atoms with Crippen molar-refractivity contribution in [1.29, 1.82) is 0 Å². The number of ether oxygens (including phenoxy) is 4. The molecule has 0 saturated carbocycles. The van der Waals surface area contributed by atoms with Crippen LogP contribution in [0, 0.1) is 0 Å². The van der Waals surface area contributed by atoms with Gasteiger partial charge in [0.25, 0.3) is 0 Å². The summed E-state index contributed by atoms with van der Waals surface area (Å²) < 4.78 is 21.8. The van der Waals surface area contributed by atoms with E-state index in [-0.39, 0.29) is 6.61 Å². The lowest BCUT2D eigenvalue weighted by atomic mass is 9.95. The Labute approximate surface area is 161 Å². The third-order valence-corrected chi connectivity index (χ3v) is 4.69. The highest BCUT2D eigenvalue weighted by molar-refractivity contribution is 5.73. The van der Waals surface area contributed by atoms with Crippen molar-refractivity contribution >= 4 is 5.91 Å². The van der Waals surface area contributed by atoms with Gasteiger partial charge in [0.2, 0.25) is 5.91 Å². The van der Waals surface area contributed by atoms with Gasteiger partial charge < -0.3 is 54.9 Å². The first-order chi connectivity index (χ1) is 13.2. The number of amides is 1. The van der Waals surface area contributed by atoms with Gasteiger partial charge in [0, 0.05) is 13.5 Å². The molecule has 10 atom stereocenters. The van der Waals surface area contributed by atoms with E-state index in [0.29, 0.717) is 0 Å². The maximum atomic E-state index is 11.5. The fraction of sp³-hybridized carbons (Fsp3) is 0.938. The molecule has 0 aromatic rings. The van der Waals surface area contributed by atoms with Gasteiger partial charge in [-0.3, -0.25) is 4.79 Å². The van der Waals surface area contributed by atoms with Gasteiger partial charge in [-0.2, -0.15) is 0 Å². The standard InChI is InChI=1S/C16H29NO11/c1-3-25-15-9(17-6(2)20)11(22)14(8(5-19)27-15)28-16-13(24)12(23)10(21)7(4-18)26-16/h7-16,18-19,21-24H,3-5H2,1-2H3,(H,17,20)/t7?,8?,9-,10-,11?,12?,13-,14+,15+,16-/m0/s1. The van der Waals surface area contributed by atoms with E-state index in [4.69, 9.17) is 18.9 Å². The summed E-state index contributed by atoms with van der Waals surface area (Å²) in [5.41, 5.74) is 0. The number of nitrogens with one attached hydrogen (secondary N) is 1. The Hall–Kier alpha value is -0.930. The van der Waals surface area contributed by atoms with Crippen LogP contribution in [0.15, 0.2) is 0 Å². The van der Waals surface area contributed by atoms with Crippen LogP contribution < -0.4 is 5.32 Å². The van der Waals surface area contributed by atoms with Crippen LogP contribution in [0.3, 0.4) is 0 Å². The SMILES string of the molecule is CCO[C@@H]1OC(CO)[C@@H](O[C@@H]2OC(CO)[C@H](O)C(O)[C@@H]2O)C(O)[C@@H]1NC(C)=O. The Morgan fingerprint density at radius 3 is 2.07 bits per heavy atom. The average Bonchev–Trinajstić information content (AvgIpc) is 2.66. The maximum Gasteiger partial charge on any atom is 0.217 e. The molecule has 0 spiro atoms. The molecule has 28 heavy (non-hydrogen) atoms. The lowest BCUT2D eigenvalue weighted by Crippen LogP contribution is -2.67. The molecule has 2 aliphatic heterocycles. The van der Waals surface area contributed by atoms with Crippen LogP contribution in [0.5, 0.6) is 0 Å². The van der Waals surface area contributed by atoms with Gasteiger partial charge in [-0.25, -0.2) is 0 Å². The van der Waals surface area contributed by atoms with Crippen LogP contribution in [0.4, 0.5) is 0 Å². The maximum absolute atomic E-state index is 11.5. The van der Waals surface area contributed by atoms with E-state index in [1.54, 1.807) is 6.92 Å². The minimum Gasteiger partial charge on any atom is -0.394 e. The monoisotopic (exact) mass is 411 g/mol. The van der Waals surface area contributed by atoms with Gasteiger partial charge in [-0.05, 0) is 6.92 Å². The van der Waals surface area contributed by atoms with E-state index >= 15 is 0 Å². The molecule has 2 rings (SSSR count). The number of aliphatic hydroxyl groups excluding tert-OH is 6. The molecule has 2 aliphatic rings. The Kier molecular flexibility index (Phi) is 8.51. The summed E-state index contributed by atoms with van der Waals surface area (Å²) in [6.07, 6.45) is -12.6. The zero-order chi connectivity index (χ0) is 21.0. The van der Waals surface area contributed by atoms with Crippen LogP contribution >= 0.6 is 0 Å². The first-order valence-electron chi connectivity index (χ1n) is 9.04. The average molecular weight is 411 g/mol. The number of hydrogen-bond acceptors (Lipinski definition) is 11. The normalized spacial score (nSPS) is 44.3. The molecule has 12 heteroatoms. The summed E-state index contributed by atoms with van der Waals surface area (Å²) in [6, 6.07) is -1.05. The van der Waals surface area contributed by atoms with Crippen molar-refractivity contribution in [2.24, 2.45) is 0 Å². The molecule has 12 nitrogen and oxygen atoms in total. The summed E-state index contributed by atoms with van der Waals surface area (Å²) in [5, 5.41) is 61.9. The van der Waals surface area contributed by atoms with Gasteiger partial charge in [0.05, 0.1) is 13.2 Å². The molecule has 2 heterocycles. The second kappa shape index (κ2) is 10.2. The topological polar surface area (TPSA) is 187 Å². The van der Waals surface area contributed by atoms with Gasteiger partial charge in [-0.1, -0.05) is 0 Å². The van der Waals surface area contributed by atoms with Crippen molar-refractivity contribution in [3.8, 4) is 0 Å². The predicted octanol–water partition coefficient (Wildman–Crippen LogP) is -4.21. The predicted molar refractivity (Wildman–Crippen MR) is 89.6 cm³/mol. The number of rotatable bonds is 7. The van der Waals surface area contributed by atoms with Crippen molar-refractivity contribution in [2.45, 2.75) is 75.2 Å².